The molecule has 4 aliphatic rings. The first kappa shape index (κ1) is 21.5. The lowest BCUT2D eigenvalue weighted by Crippen LogP contribution is -2.68. The number of thioether (sulfide) groups is 1. The molecule has 0 bridgehead atoms. The SMILES string of the molecule is C[C@H]1COC[C@@H]2N1C(=O)c1c(O)c(=O)ccn1N2[C@@H]1C2=C(CCC=C2)SCc2cc(F)ccc21. The molecule has 1 aromatic heterocycles. The molecule has 34 heavy (non-hydrogen) atoms. The van der Waals surface area contributed by atoms with E-state index in [9.17, 15) is 19.1 Å². The zero-order valence-electron chi connectivity index (χ0n) is 18.6. The Hall–Kier alpha value is -3.04. The highest BCUT2D eigenvalue weighted by Crippen LogP contribution is 2.47. The van der Waals surface area contributed by atoms with Gasteiger partial charge in [0.25, 0.3) is 5.91 Å². The maximum Gasteiger partial charge on any atom is 0.278 e. The van der Waals surface area contributed by atoms with Gasteiger partial charge in [0.15, 0.2) is 11.4 Å². The third-order valence-electron chi connectivity index (χ3n) is 6.99. The van der Waals surface area contributed by atoms with Crippen molar-refractivity contribution in [2.24, 2.45) is 0 Å². The molecule has 1 N–H and O–H groups in total. The highest BCUT2D eigenvalue weighted by molar-refractivity contribution is 8.02. The van der Waals surface area contributed by atoms with E-state index in [-0.39, 0.29) is 30.2 Å². The number of aromatic hydroxyl groups is 1. The third-order valence-corrected chi connectivity index (χ3v) is 8.23. The summed E-state index contributed by atoms with van der Waals surface area (Å²) in [7, 11) is 0. The molecule has 0 saturated carbocycles. The smallest absolute Gasteiger partial charge is 0.278 e. The minimum atomic E-state index is -0.602. The van der Waals surface area contributed by atoms with E-state index in [1.807, 2.05) is 18.0 Å². The van der Waals surface area contributed by atoms with Gasteiger partial charge in [-0.2, -0.15) is 0 Å². The Morgan fingerprint density at radius 2 is 2.06 bits per heavy atom. The summed E-state index contributed by atoms with van der Waals surface area (Å²) in [5, 5.41) is 12.7. The van der Waals surface area contributed by atoms with Gasteiger partial charge in [-0.1, -0.05) is 18.2 Å². The van der Waals surface area contributed by atoms with Crippen LogP contribution in [0.25, 0.3) is 0 Å². The van der Waals surface area contributed by atoms with Gasteiger partial charge in [0.05, 0.1) is 25.3 Å². The molecule has 1 aliphatic carbocycles. The number of fused-ring (bicyclic) bond motifs is 3. The van der Waals surface area contributed by atoms with Crippen LogP contribution in [0.15, 0.2) is 57.9 Å². The number of allylic oxidation sites excluding steroid dienone is 2. The molecule has 1 aromatic carbocycles. The van der Waals surface area contributed by atoms with Gasteiger partial charge in [-0.3, -0.25) is 19.3 Å². The van der Waals surface area contributed by atoms with Gasteiger partial charge in [-0.25, -0.2) is 4.39 Å². The van der Waals surface area contributed by atoms with E-state index in [2.05, 4.69) is 12.2 Å². The standard InChI is InChI=1S/C25H24FN3O4S/c1-14-11-33-12-21-28(14)25(32)23-24(31)19(30)8-9-27(23)29(21)22-17-7-6-16(26)10-15(17)13-34-20-5-3-2-4-18(20)22/h2,4,6-10,14,21-22,31H,3,5,11-13H2,1H3/t14-,21+,22-/m0/s1. The number of carbonyl (C=O) groups is 1. The van der Waals surface area contributed by atoms with Crippen LogP contribution in [0.4, 0.5) is 4.39 Å². The molecular formula is C25H24FN3O4S. The molecule has 2 aromatic rings. The van der Waals surface area contributed by atoms with Crippen LogP contribution in [-0.4, -0.2) is 46.0 Å². The van der Waals surface area contributed by atoms with Crippen LogP contribution < -0.4 is 10.4 Å². The summed E-state index contributed by atoms with van der Waals surface area (Å²) in [6.07, 6.45) is 7.14. The molecule has 3 atom stereocenters. The first-order chi connectivity index (χ1) is 16.5. The summed E-state index contributed by atoms with van der Waals surface area (Å²) < 4.78 is 21.8. The second-order valence-corrected chi connectivity index (χ2v) is 10.1. The number of aromatic nitrogens is 1. The van der Waals surface area contributed by atoms with Crippen molar-refractivity contribution in [3.63, 3.8) is 0 Å². The highest BCUT2D eigenvalue weighted by Gasteiger charge is 2.48. The third kappa shape index (κ3) is 3.14. The number of hydrogen-bond acceptors (Lipinski definition) is 6. The number of rotatable bonds is 1. The maximum atomic E-state index is 14.3. The van der Waals surface area contributed by atoms with Gasteiger partial charge in [-0.15, -0.1) is 11.8 Å². The monoisotopic (exact) mass is 481 g/mol. The Balaban J connectivity index is 1.65. The Morgan fingerprint density at radius 3 is 2.91 bits per heavy atom. The van der Waals surface area contributed by atoms with Crippen molar-refractivity contribution in [1.29, 1.82) is 0 Å². The predicted molar refractivity (Wildman–Crippen MR) is 127 cm³/mol. The number of amides is 1. The lowest BCUT2D eigenvalue weighted by atomic mass is 9.90. The van der Waals surface area contributed by atoms with E-state index >= 15 is 0 Å². The van der Waals surface area contributed by atoms with Crippen LogP contribution in [-0.2, 0) is 10.5 Å². The summed E-state index contributed by atoms with van der Waals surface area (Å²) in [6, 6.07) is 5.50. The molecule has 176 valence electrons. The van der Waals surface area contributed by atoms with Gasteiger partial charge >= 0.3 is 0 Å². The van der Waals surface area contributed by atoms with Crippen molar-refractivity contribution in [2.45, 2.75) is 43.8 Å². The average Bonchev–Trinajstić information content (AvgIpc) is 2.98. The zero-order valence-corrected chi connectivity index (χ0v) is 19.4. The van der Waals surface area contributed by atoms with Crippen molar-refractivity contribution >= 4 is 17.7 Å². The Bertz CT molecular complexity index is 1320. The molecule has 9 heteroatoms. The van der Waals surface area contributed by atoms with Gasteiger partial charge in [0.1, 0.15) is 12.0 Å². The van der Waals surface area contributed by atoms with Crippen molar-refractivity contribution in [3.8, 4) is 5.75 Å². The zero-order chi connectivity index (χ0) is 23.6. The van der Waals surface area contributed by atoms with Crippen LogP contribution in [0.2, 0.25) is 0 Å². The summed E-state index contributed by atoms with van der Waals surface area (Å²) in [4.78, 5) is 28.8. The van der Waals surface area contributed by atoms with E-state index < -0.39 is 23.3 Å². The first-order valence-electron chi connectivity index (χ1n) is 11.4. The number of carbonyl (C=O) groups excluding carboxylic acids is 1. The van der Waals surface area contributed by atoms with E-state index in [1.165, 1.54) is 17.0 Å². The van der Waals surface area contributed by atoms with Crippen molar-refractivity contribution in [2.75, 3.05) is 18.2 Å². The molecular weight excluding hydrogens is 457 g/mol. The lowest BCUT2D eigenvalue weighted by Gasteiger charge is -2.53. The molecule has 1 amide bonds. The van der Waals surface area contributed by atoms with Gasteiger partial charge < -0.3 is 14.7 Å². The predicted octanol–water partition coefficient (Wildman–Crippen LogP) is 3.42. The summed E-state index contributed by atoms with van der Waals surface area (Å²) in [6.45, 7) is 2.53. The van der Waals surface area contributed by atoms with Crippen molar-refractivity contribution < 1.29 is 19.0 Å². The Morgan fingerprint density at radius 1 is 1.21 bits per heavy atom. The minimum Gasteiger partial charge on any atom is -0.502 e. The molecule has 0 radical (unpaired) electrons. The van der Waals surface area contributed by atoms with Crippen LogP contribution >= 0.6 is 11.8 Å². The topological polar surface area (TPSA) is 75.0 Å². The fourth-order valence-corrected chi connectivity index (χ4v) is 6.64. The summed E-state index contributed by atoms with van der Waals surface area (Å²) in [5.74, 6) is -0.610. The van der Waals surface area contributed by atoms with Crippen LogP contribution in [0, 0.1) is 5.82 Å². The summed E-state index contributed by atoms with van der Waals surface area (Å²) >= 11 is 1.72. The number of ether oxygens (including phenoxy) is 1. The van der Waals surface area contributed by atoms with E-state index in [0.717, 1.165) is 29.5 Å². The average molecular weight is 482 g/mol. The molecule has 6 rings (SSSR count). The number of nitrogens with zero attached hydrogens (tertiary/aromatic N) is 3. The minimum absolute atomic E-state index is 0.0556. The fraction of sp³-hybridized carbons (Fsp3) is 0.360. The molecule has 1 saturated heterocycles. The molecule has 0 unspecified atom stereocenters. The van der Waals surface area contributed by atoms with Gasteiger partial charge in [0.2, 0.25) is 5.43 Å². The van der Waals surface area contributed by atoms with Gasteiger partial charge in [0, 0.05) is 18.0 Å². The first-order valence-corrected chi connectivity index (χ1v) is 12.4. The number of morpholine rings is 1. The van der Waals surface area contributed by atoms with Crippen LogP contribution in [0.1, 0.15) is 47.4 Å². The molecule has 0 spiro atoms. The molecule has 7 nitrogen and oxygen atoms in total. The quantitative estimate of drug-likeness (QED) is 0.673. The van der Waals surface area contributed by atoms with E-state index in [0.29, 0.717) is 12.4 Å². The lowest BCUT2D eigenvalue weighted by molar-refractivity contribution is -0.0468. The maximum absolute atomic E-state index is 14.3. The fourth-order valence-electron chi connectivity index (χ4n) is 5.45. The Kier molecular flexibility index (Phi) is 5.07. The van der Waals surface area contributed by atoms with Crippen LogP contribution in [0.3, 0.4) is 0 Å². The highest BCUT2D eigenvalue weighted by atomic mass is 32.2. The number of halogens is 1. The Labute approximate surface area is 200 Å². The van der Waals surface area contributed by atoms with E-state index in [1.54, 1.807) is 33.6 Å². The largest absolute Gasteiger partial charge is 0.502 e. The van der Waals surface area contributed by atoms with Crippen molar-refractivity contribution in [1.82, 2.24) is 9.58 Å². The molecule has 1 fully saturated rings. The number of hydrogen-bond donors (Lipinski definition) is 1. The summed E-state index contributed by atoms with van der Waals surface area (Å²) in [5.41, 5.74) is 2.24. The van der Waals surface area contributed by atoms with Gasteiger partial charge in [-0.05, 0) is 53.5 Å². The van der Waals surface area contributed by atoms with Crippen LogP contribution in [0.5, 0.6) is 5.75 Å². The molecule has 4 heterocycles. The number of benzene rings is 1. The van der Waals surface area contributed by atoms with Crippen molar-refractivity contribution in [3.05, 3.63) is 86.0 Å². The molecule has 3 aliphatic heterocycles. The number of pyridine rings is 1. The normalized spacial score (nSPS) is 25.9. The second-order valence-electron chi connectivity index (χ2n) is 9.04. The second kappa shape index (κ2) is 8.02. The van der Waals surface area contributed by atoms with E-state index in [4.69, 9.17) is 4.74 Å².